The summed E-state index contributed by atoms with van der Waals surface area (Å²) in [6.07, 6.45) is 0.501. The number of ether oxygens (including phenoxy) is 1. The van der Waals surface area contributed by atoms with Crippen molar-refractivity contribution in [2.24, 2.45) is 0 Å². The van der Waals surface area contributed by atoms with Crippen molar-refractivity contribution in [2.75, 3.05) is 27.1 Å². The van der Waals surface area contributed by atoms with E-state index in [0.29, 0.717) is 29.2 Å². The first kappa shape index (κ1) is 15.6. The van der Waals surface area contributed by atoms with Crippen molar-refractivity contribution in [1.82, 2.24) is 14.5 Å². The quantitative estimate of drug-likeness (QED) is 0.794. The van der Waals surface area contributed by atoms with E-state index in [1.54, 1.807) is 24.7 Å². The number of hydrogen-bond acceptors (Lipinski definition) is 3. The molecule has 1 aromatic carbocycles. The van der Waals surface area contributed by atoms with Crippen molar-refractivity contribution in [2.45, 2.75) is 13.0 Å². The minimum absolute atomic E-state index is 0.0755. The number of imidazole rings is 1. The number of alkyl halides is 1. The third kappa shape index (κ3) is 3.10. The maximum absolute atomic E-state index is 13.8. The average molecular weight is 314 g/mol. The van der Waals surface area contributed by atoms with Crippen LogP contribution in [0.3, 0.4) is 0 Å². The number of aryl methyl sites for hydroxylation is 1. The molecule has 0 fully saturated rings. The van der Waals surface area contributed by atoms with Crippen molar-refractivity contribution in [3.8, 4) is 5.75 Å². The van der Waals surface area contributed by atoms with Crippen molar-refractivity contribution in [1.29, 1.82) is 0 Å². The van der Waals surface area contributed by atoms with Crippen molar-refractivity contribution >= 4 is 28.5 Å². The number of amides is 1. The van der Waals surface area contributed by atoms with Gasteiger partial charge < -0.3 is 14.2 Å². The van der Waals surface area contributed by atoms with Crippen LogP contribution >= 0.6 is 11.6 Å². The van der Waals surface area contributed by atoms with Gasteiger partial charge in [0.1, 0.15) is 12.4 Å². The summed E-state index contributed by atoms with van der Waals surface area (Å²) in [7, 11) is 4.77. The molecule has 0 N–H and O–H groups in total. The molecule has 0 saturated carbocycles. The Labute approximate surface area is 127 Å². The number of methoxy groups -OCH3 is 1. The number of rotatable bonds is 5. The first-order valence-corrected chi connectivity index (χ1v) is 7.00. The van der Waals surface area contributed by atoms with Crippen LogP contribution in [0.15, 0.2) is 12.1 Å². The third-order valence-corrected chi connectivity index (χ3v) is 3.40. The summed E-state index contributed by atoms with van der Waals surface area (Å²) in [4.78, 5) is 17.8. The fourth-order valence-corrected chi connectivity index (χ4v) is 2.23. The van der Waals surface area contributed by atoms with Crippen molar-refractivity contribution in [3.63, 3.8) is 0 Å². The smallest absolute Gasteiger partial charge is 0.242 e. The summed E-state index contributed by atoms with van der Waals surface area (Å²) in [6.45, 7) is 0.129. The molecule has 5 nitrogen and oxygen atoms in total. The van der Waals surface area contributed by atoms with Gasteiger partial charge >= 0.3 is 0 Å². The van der Waals surface area contributed by atoms with Gasteiger partial charge in [-0.1, -0.05) is 0 Å². The number of likely N-dealkylation sites (N-methyl/N-ethyl adjacent to an activating group) is 1. The normalized spacial score (nSPS) is 10.9. The molecule has 0 spiro atoms. The van der Waals surface area contributed by atoms with Crippen LogP contribution in [0, 0.1) is 5.82 Å². The first-order valence-electron chi connectivity index (χ1n) is 6.46. The highest BCUT2D eigenvalue weighted by atomic mass is 35.5. The van der Waals surface area contributed by atoms with Gasteiger partial charge in [-0.05, 0) is 0 Å². The lowest BCUT2D eigenvalue weighted by Crippen LogP contribution is -2.27. The fraction of sp³-hybridized carbons (Fsp3) is 0.429. The van der Waals surface area contributed by atoms with Crippen LogP contribution in [0.2, 0.25) is 0 Å². The number of benzene rings is 1. The largest absolute Gasteiger partial charge is 0.494 e. The SMILES string of the molecule is COc1cc2c(cc1F)nc(CCCl)n2CC(=O)N(C)C. The number of fused-ring (bicyclic) bond motifs is 1. The number of carbonyl (C=O) groups excluding carboxylic acids is 1. The summed E-state index contributed by atoms with van der Waals surface area (Å²) in [5.74, 6) is 0.597. The van der Waals surface area contributed by atoms with Gasteiger partial charge in [0, 0.05) is 38.5 Å². The van der Waals surface area contributed by atoms with Crippen LogP contribution in [-0.4, -0.2) is 47.4 Å². The van der Waals surface area contributed by atoms with Gasteiger partial charge in [0.25, 0.3) is 0 Å². The second kappa shape index (κ2) is 6.30. The first-order chi connectivity index (χ1) is 9.97. The van der Waals surface area contributed by atoms with Crippen molar-refractivity contribution in [3.05, 3.63) is 23.8 Å². The van der Waals surface area contributed by atoms with Gasteiger partial charge in [-0.15, -0.1) is 11.6 Å². The van der Waals surface area contributed by atoms with Crippen LogP contribution in [0.5, 0.6) is 5.75 Å². The second-order valence-electron chi connectivity index (χ2n) is 4.82. The van der Waals surface area contributed by atoms with Crippen LogP contribution < -0.4 is 4.74 Å². The predicted octanol–water partition coefficient (Wildman–Crippen LogP) is 2.05. The highest BCUT2D eigenvalue weighted by Crippen LogP contribution is 2.26. The van der Waals surface area contributed by atoms with Crippen LogP contribution in [0.4, 0.5) is 4.39 Å². The molecule has 1 amide bonds. The highest BCUT2D eigenvalue weighted by Gasteiger charge is 2.17. The van der Waals surface area contributed by atoms with E-state index in [4.69, 9.17) is 16.3 Å². The summed E-state index contributed by atoms with van der Waals surface area (Å²) >= 11 is 5.78. The Morgan fingerprint density at radius 1 is 1.48 bits per heavy atom. The Hall–Kier alpha value is -1.82. The minimum Gasteiger partial charge on any atom is -0.494 e. The molecule has 0 aliphatic heterocycles. The summed E-state index contributed by atoms with van der Waals surface area (Å²) in [6, 6.07) is 2.86. The molecule has 0 atom stereocenters. The van der Waals surface area contributed by atoms with Gasteiger partial charge in [-0.25, -0.2) is 9.37 Å². The molecule has 114 valence electrons. The van der Waals surface area contributed by atoms with Gasteiger partial charge in [0.15, 0.2) is 11.6 Å². The Balaban J connectivity index is 2.57. The number of hydrogen-bond donors (Lipinski definition) is 0. The topological polar surface area (TPSA) is 47.4 Å². The van der Waals surface area contributed by atoms with E-state index in [1.807, 2.05) is 0 Å². The monoisotopic (exact) mass is 313 g/mol. The summed E-state index contributed by atoms with van der Waals surface area (Å²) in [5.41, 5.74) is 1.14. The zero-order valence-corrected chi connectivity index (χ0v) is 12.9. The van der Waals surface area contributed by atoms with Gasteiger partial charge in [-0.2, -0.15) is 0 Å². The van der Waals surface area contributed by atoms with E-state index < -0.39 is 5.82 Å². The Kier molecular flexibility index (Phi) is 4.67. The Bertz CT molecular complexity index is 670. The molecule has 7 heteroatoms. The van der Waals surface area contributed by atoms with Crippen molar-refractivity contribution < 1.29 is 13.9 Å². The molecule has 0 unspecified atom stereocenters. The minimum atomic E-state index is -0.481. The standard InChI is InChI=1S/C14H17ClFN3O2/c1-18(2)14(20)8-19-11-7-12(21-3)9(16)6-10(11)17-13(19)4-5-15/h6-7H,4-5,8H2,1-3H3. The molecular weight excluding hydrogens is 297 g/mol. The van der Waals surface area contributed by atoms with Crippen LogP contribution in [-0.2, 0) is 17.8 Å². The van der Waals surface area contributed by atoms with Gasteiger partial charge in [-0.3, -0.25) is 4.79 Å². The van der Waals surface area contributed by atoms with E-state index in [0.717, 1.165) is 0 Å². The number of aromatic nitrogens is 2. The maximum Gasteiger partial charge on any atom is 0.242 e. The summed E-state index contributed by atoms with van der Waals surface area (Å²) < 4.78 is 20.5. The molecule has 0 aliphatic rings. The lowest BCUT2D eigenvalue weighted by Gasteiger charge is -2.13. The molecule has 2 aromatic rings. The second-order valence-corrected chi connectivity index (χ2v) is 5.19. The Morgan fingerprint density at radius 3 is 2.76 bits per heavy atom. The average Bonchev–Trinajstić information content (AvgIpc) is 2.75. The van der Waals surface area contributed by atoms with Crippen LogP contribution in [0.1, 0.15) is 5.82 Å². The lowest BCUT2D eigenvalue weighted by atomic mass is 10.3. The molecule has 2 rings (SSSR count). The molecule has 0 aliphatic carbocycles. The van der Waals surface area contributed by atoms with Gasteiger partial charge in [0.05, 0.1) is 18.1 Å². The molecule has 1 aromatic heterocycles. The van der Waals surface area contributed by atoms with E-state index in [-0.39, 0.29) is 18.2 Å². The van der Waals surface area contributed by atoms with Crippen LogP contribution in [0.25, 0.3) is 11.0 Å². The maximum atomic E-state index is 13.8. The molecular formula is C14H17ClFN3O2. The third-order valence-electron chi connectivity index (χ3n) is 3.21. The summed E-state index contributed by atoms with van der Waals surface area (Å²) in [5, 5.41) is 0. The van der Waals surface area contributed by atoms with E-state index in [1.165, 1.54) is 18.1 Å². The zero-order valence-electron chi connectivity index (χ0n) is 12.2. The zero-order chi connectivity index (χ0) is 15.6. The molecule has 0 saturated heterocycles. The van der Waals surface area contributed by atoms with E-state index in [9.17, 15) is 9.18 Å². The molecule has 0 radical (unpaired) electrons. The molecule has 21 heavy (non-hydrogen) atoms. The van der Waals surface area contributed by atoms with Gasteiger partial charge in [0.2, 0.25) is 5.91 Å². The van der Waals surface area contributed by atoms with E-state index in [2.05, 4.69) is 4.98 Å². The predicted molar refractivity (Wildman–Crippen MR) is 79.4 cm³/mol. The Morgan fingerprint density at radius 2 is 2.19 bits per heavy atom. The lowest BCUT2D eigenvalue weighted by molar-refractivity contribution is -0.129. The molecule has 0 bridgehead atoms. The molecule has 1 heterocycles. The highest BCUT2D eigenvalue weighted by molar-refractivity contribution is 6.17. The number of nitrogens with zero attached hydrogens (tertiary/aromatic N) is 3. The fourth-order valence-electron chi connectivity index (χ4n) is 2.06. The number of halogens is 2. The number of carbonyl (C=O) groups is 1. The van der Waals surface area contributed by atoms with E-state index >= 15 is 0 Å².